The monoisotopic (exact) mass is 556 g/mol. The van der Waals surface area contributed by atoms with Gasteiger partial charge in [0.15, 0.2) is 11.6 Å². The molecule has 0 amide bonds. The Morgan fingerprint density at radius 1 is 1.17 bits per heavy atom. The van der Waals surface area contributed by atoms with Gasteiger partial charge < -0.3 is 24.8 Å². The molecule has 2 aromatic heterocycles. The van der Waals surface area contributed by atoms with Crippen molar-refractivity contribution >= 4 is 15.9 Å². The van der Waals surface area contributed by atoms with Crippen molar-refractivity contribution in [3.63, 3.8) is 0 Å². The molecular weight excluding hydrogens is 534 g/mol. The number of aliphatic hydroxyl groups is 3. The Kier molecular flexibility index (Phi) is 6.44. The quantitative estimate of drug-likeness (QED) is 0.362. The van der Waals surface area contributed by atoms with E-state index in [9.17, 15) is 24.1 Å². The first-order chi connectivity index (χ1) is 16.8. The van der Waals surface area contributed by atoms with E-state index < -0.39 is 54.3 Å². The highest BCUT2D eigenvalue weighted by molar-refractivity contribution is 9.10. The van der Waals surface area contributed by atoms with E-state index in [1.54, 1.807) is 6.20 Å². The van der Waals surface area contributed by atoms with Crippen LogP contribution in [0.4, 0.5) is 8.78 Å². The molecule has 0 bridgehead atoms. The maximum absolute atomic E-state index is 14.5. The first-order valence-electron chi connectivity index (χ1n) is 10.9. The number of hydrogen-bond acceptors (Lipinski definition) is 9. The standard InChI is InChI=1S/C21H23BrF2N6O5/c1-34-20-13(7-29-8-15(26-27-29)21(33)4-5-21)35-14(9-31)19(32)18(20)30-6-12(25-28-30)10-2-3-11(22)17(24)16(10)23/h2-3,6,8,13-14,18-20,31-33H,4-5,7,9H2,1H3/t13-,14-,18+,19+,20+/m1/s1. The maximum atomic E-state index is 14.5. The zero-order valence-corrected chi connectivity index (χ0v) is 20.1. The van der Waals surface area contributed by atoms with Crippen LogP contribution in [-0.4, -0.2) is 83.4 Å². The van der Waals surface area contributed by atoms with E-state index in [1.807, 2.05) is 0 Å². The van der Waals surface area contributed by atoms with Crippen LogP contribution in [0.1, 0.15) is 24.6 Å². The minimum Gasteiger partial charge on any atom is -0.394 e. The van der Waals surface area contributed by atoms with Crippen molar-refractivity contribution < 1.29 is 33.6 Å². The van der Waals surface area contributed by atoms with Crippen molar-refractivity contribution in [2.24, 2.45) is 0 Å². The van der Waals surface area contributed by atoms with Crippen LogP contribution < -0.4 is 0 Å². The summed E-state index contributed by atoms with van der Waals surface area (Å²) in [5.74, 6) is -2.14. The lowest BCUT2D eigenvalue weighted by Gasteiger charge is -2.43. The van der Waals surface area contributed by atoms with Crippen molar-refractivity contribution in [2.45, 2.75) is 55.4 Å². The van der Waals surface area contributed by atoms with Gasteiger partial charge in [-0.15, -0.1) is 10.2 Å². The minimum atomic E-state index is -1.25. The van der Waals surface area contributed by atoms with Gasteiger partial charge in [-0.1, -0.05) is 10.4 Å². The molecule has 0 unspecified atom stereocenters. The lowest BCUT2D eigenvalue weighted by Crippen LogP contribution is -2.57. The third-order valence-corrected chi connectivity index (χ3v) is 7.08. The first kappa shape index (κ1) is 24.3. The second kappa shape index (κ2) is 9.26. The summed E-state index contributed by atoms with van der Waals surface area (Å²) in [5, 5.41) is 47.1. The van der Waals surface area contributed by atoms with Gasteiger partial charge in [-0.2, -0.15) is 0 Å². The summed E-state index contributed by atoms with van der Waals surface area (Å²) in [6, 6.07) is 1.84. The molecule has 3 aromatic rings. The van der Waals surface area contributed by atoms with Crippen LogP contribution in [0.2, 0.25) is 0 Å². The van der Waals surface area contributed by atoms with Crippen LogP contribution >= 0.6 is 15.9 Å². The topological polar surface area (TPSA) is 141 Å². The molecule has 3 N–H and O–H groups in total. The number of nitrogens with zero attached hydrogens (tertiary/aromatic N) is 6. The normalized spacial score (nSPS) is 27.8. The average Bonchev–Trinajstić information content (AvgIpc) is 3.23. The summed E-state index contributed by atoms with van der Waals surface area (Å²) in [7, 11) is 1.43. The molecule has 0 spiro atoms. The van der Waals surface area contributed by atoms with Gasteiger partial charge in [-0.05, 0) is 40.9 Å². The molecule has 11 nitrogen and oxygen atoms in total. The van der Waals surface area contributed by atoms with E-state index in [2.05, 4.69) is 36.6 Å². The predicted octanol–water partition coefficient (Wildman–Crippen LogP) is 0.936. The van der Waals surface area contributed by atoms with Gasteiger partial charge in [0.1, 0.15) is 47.4 Å². The smallest absolute Gasteiger partial charge is 0.173 e. The summed E-state index contributed by atoms with van der Waals surface area (Å²) in [5.41, 5.74) is -0.534. The molecule has 14 heteroatoms. The molecule has 1 aromatic carbocycles. The van der Waals surface area contributed by atoms with E-state index in [0.717, 1.165) is 0 Å². The van der Waals surface area contributed by atoms with Crippen LogP contribution in [-0.2, 0) is 21.6 Å². The van der Waals surface area contributed by atoms with Gasteiger partial charge in [-0.3, -0.25) is 0 Å². The van der Waals surface area contributed by atoms with Crippen LogP contribution in [0.25, 0.3) is 11.3 Å². The van der Waals surface area contributed by atoms with E-state index in [-0.39, 0.29) is 22.3 Å². The largest absolute Gasteiger partial charge is 0.394 e. The molecule has 188 valence electrons. The fourth-order valence-corrected chi connectivity index (χ4v) is 4.65. The van der Waals surface area contributed by atoms with Crippen molar-refractivity contribution in [3.05, 3.63) is 46.3 Å². The van der Waals surface area contributed by atoms with Gasteiger partial charge in [-0.25, -0.2) is 18.1 Å². The zero-order valence-electron chi connectivity index (χ0n) is 18.5. The Bertz CT molecular complexity index is 1220. The number of ether oxygens (including phenoxy) is 2. The number of methoxy groups -OCH3 is 1. The lowest BCUT2D eigenvalue weighted by atomic mass is 9.92. The molecule has 1 saturated carbocycles. The molecule has 1 saturated heterocycles. The van der Waals surface area contributed by atoms with E-state index >= 15 is 0 Å². The van der Waals surface area contributed by atoms with Crippen molar-refractivity contribution in [2.75, 3.05) is 13.7 Å². The second-order valence-corrected chi connectivity index (χ2v) is 9.60. The van der Waals surface area contributed by atoms with Crippen LogP contribution in [0.3, 0.4) is 0 Å². The molecule has 3 heterocycles. The third-order valence-electron chi connectivity index (χ3n) is 6.47. The number of hydrogen-bond donors (Lipinski definition) is 3. The second-order valence-electron chi connectivity index (χ2n) is 8.74. The molecule has 5 atom stereocenters. The van der Waals surface area contributed by atoms with Gasteiger partial charge in [0.05, 0.1) is 30.0 Å². The predicted molar refractivity (Wildman–Crippen MR) is 118 cm³/mol. The van der Waals surface area contributed by atoms with Crippen molar-refractivity contribution in [1.29, 1.82) is 0 Å². The highest BCUT2D eigenvalue weighted by Crippen LogP contribution is 2.44. The Morgan fingerprint density at radius 2 is 1.94 bits per heavy atom. The highest BCUT2D eigenvalue weighted by Gasteiger charge is 2.48. The Hall–Kier alpha value is -2.36. The minimum absolute atomic E-state index is 0.0239. The van der Waals surface area contributed by atoms with E-state index in [1.165, 1.54) is 34.8 Å². The maximum Gasteiger partial charge on any atom is 0.173 e. The number of halogens is 3. The summed E-state index contributed by atoms with van der Waals surface area (Å²) < 4.78 is 42.9. The SMILES string of the molecule is CO[C@@H]1[C@@H](n2cc(-c3ccc(Br)c(F)c3F)nn2)[C@@H](O)[C@@H](CO)O[C@@H]1Cn1cc(C2(O)CC2)nn1. The number of aliphatic hydroxyl groups excluding tert-OH is 2. The number of aromatic nitrogens is 6. The molecule has 1 aliphatic carbocycles. The fourth-order valence-electron chi connectivity index (χ4n) is 4.34. The Morgan fingerprint density at radius 3 is 2.63 bits per heavy atom. The number of rotatable bonds is 7. The first-order valence-corrected chi connectivity index (χ1v) is 11.7. The van der Waals surface area contributed by atoms with Crippen LogP contribution in [0.5, 0.6) is 0 Å². The van der Waals surface area contributed by atoms with Crippen molar-refractivity contribution in [1.82, 2.24) is 30.0 Å². The molecular formula is C21H23BrF2N6O5. The summed E-state index contributed by atoms with van der Waals surface area (Å²) in [6.07, 6.45) is 0.500. The molecule has 1 aliphatic heterocycles. The van der Waals surface area contributed by atoms with Gasteiger partial charge >= 0.3 is 0 Å². The number of benzene rings is 1. The molecule has 2 fully saturated rings. The lowest BCUT2D eigenvalue weighted by molar-refractivity contribution is -0.216. The molecule has 5 rings (SSSR count). The molecule has 35 heavy (non-hydrogen) atoms. The zero-order chi connectivity index (χ0) is 24.9. The molecule has 2 aliphatic rings. The van der Waals surface area contributed by atoms with Gasteiger partial charge in [0.25, 0.3) is 0 Å². The third kappa shape index (κ3) is 4.38. The van der Waals surface area contributed by atoms with Gasteiger partial charge in [0, 0.05) is 12.7 Å². The van der Waals surface area contributed by atoms with E-state index in [0.29, 0.717) is 18.5 Å². The fraction of sp³-hybridized carbons (Fsp3) is 0.524. The highest BCUT2D eigenvalue weighted by atomic mass is 79.9. The average molecular weight is 557 g/mol. The van der Waals surface area contributed by atoms with Crippen molar-refractivity contribution in [3.8, 4) is 11.3 Å². The Labute approximate surface area is 206 Å². The van der Waals surface area contributed by atoms with Gasteiger partial charge in [0.2, 0.25) is 0 Å². The van der Waals surface area contributed by atoms with Crippen LogP contribution in [0, 0.1) is 11.6 Å². The summed E-state index contributed by atoms with van der Waals surface area (Å²) in [4.78, 5) is 0. The molecule has 0 radical (unpaired) electrons. The van der Waals surface area contributed by atoms with E-state index in [4.69, 9.17) is 9.47 Å². The van der Waals surface area contributed by atoms with Crippen LogP contribution in [0.15, 0.2) is 29.0 Å². The summed E-state index contributed by atoms with van der Waals surface area (Å²) >= 11 is 2.94. The summed E-state index contributed by atoms with van der Waals surface area (Å²) in [6.45, 7) is -0.337. The Balaban J connectivity index is 1.44.